The van der Waals surface area contributed by atoms with E-state index in [9.17, 15) is 9.59 Å². The number of carboxylic acid groups (broad SMARTS) is 1. The molecule has 0 saturated carbocycles. The summed E-state index contributed by atoms with van der Waals surface area (Å²) >= 11 is 0. The standard InChI is InChI=1S/C13H18N4O3/c1-9-6-17(7-10(9)13(19)20)8-12(18)16-15-11-4-2-3-5-14-11/h2-5,9-10H,6-8H2,1H3,(H,14,15)(H,16,18)(H,19,20). The van der Waals surface area contributed by atoms with Gasteiger partial charge in [0.2, 0.25) is 0 Å². The summed E-state index contributed by atoms with van der Waals surface area (Å²) in [6.07, 6.45) is 1.62. The van der Waals surface area contributed by atoms with E-state index >= 15 is 0 Å². The lowest BCUT2D eigenvalue weighted by atomic mass is 9.99. The molecular formula is C13H18N4O3. The molecule has 2 unspecified atom stereocenters. The number of carbonyl (C=O) groups excluding carboxylic acids is 1. The summed E-state index contributed by atoms with van der Waals surface area (Å²) in [5.74, 6) is -0.796. The van der Waals surface area contributed by atoms with Crippen molar-refractivity contribution in [1.82, 2.24) is 15.3 Å². The first-order valence-electron chi connectivity index (χ1n) is 6.47. The predicted molar refractivity (Wildman–Crippen MR) is 72.7 cm³/mol. The molecule has 1 aliphatic rings. The van der Waals surface area contributed by atoms with Crippen molar-refractivity contribution in [3.8, 4) is 0 Å². The van der Waals surface area contributed by atoms with Crippen molar-refractivity contribution in [1.29, 1.82) is 0 Å². The first kappa shape index (κ1) is 14.3. The first-order chi connectivity index (χ1) is 9.56. The van der Waals surface area contributed by atoms with Crippen molar-refractivity contribution in [2.45, 2.75) is 6.92 Å². The lowest BCUT2D eigenvalue weighted by Gasteiger charge is -2.15. The van der Waals surface area contributed by atoms with Gasteiger partial charge in [-0.3, -0.25) is 25.3 Å². The Morgan fingerprint density at radius 1 is 1.45 bits per heavy atom. The van der Waals surface area contributed by atoms with Crippen molar-refractivity contribution in [3.63, 3.8) is 0 Å². The van der Waals surface area contributed by atoms with Crippen molar-refractivity contribution >= 4 is 17.7 Å². The number of anilines is 1. The second-order valence-electron chi connectivity index (χ2n) is 5.00. The van der Waals surface area contributed by atoms with Crippen LogP contribution in [0.25, 0.3) is 0 Å². The van der Waals surface area contributed by atoms with E-state index in [0.717, 1.165) is 0 Å². The van der Waals surface area contributed by atoms with Gasteiger partial charge in [0.25, 0.3) is 5.91 Å². The van der Waals surface area contributed by atoms with E-state index in [1.165, 1.54) is 0 Å². The Morgan fingerprint density at radius 3 is 2.85 bits per heavy atom. The zero-order chi connectivity index (χ0) is 14.5. The van der Waals surface area contributed by atoms with Crippen molar-refractivity contribution < 1.29 is 14.7 Å². The highest BCUT2D eigenvalue weighted by molar-refractivity contribution is 5.79. The molecule has 3 N–H and O–H groups in total. The second-order valence-corrected chi connectivity index (χ2v) is 5.00. The van der Waals surface area contributed by atoms with Gasteiger partial charge in [0, 0.05) is 19.3 Å². The largest absolute Gasteiger partial charge is 0.481 e. The number of carboxylic acids is 1. The Bertz CT molecular complexity index is 480. The third kappa shape index (κ3) is 3.67. The summed E-state index contributed by atoms with van der Waals surface area (Å²) < 4.78 is 0. The smallest absolute Gasteiger partial charge is 0.308 e. The van der Waals surface area contributed by atoms with Crippen LogP contribution < -0.4 is 10.9 Å². The van der Waals surface area contributed by atoms with Crippen LogP contribution >= 0.6 is 0 Å². The number of nitrogens with zero attached hydrogens (tertiary/aromatic N) is 2. The molecule has 2 atom stereocenters. The number of carbonyl (C=O) groups is 2. The van der Waals surface area contributed by atoms with Gasteiger partial charge >= 0.3 is 5.97 Å². The van der Waals surface area contributed by atoms with Crippen molar-refractivity contribution in [2.75, 3.05) is 25.1 Å². The number of pyridine rings is 1. The van der Waals surface area contributed by atoms with Crippen LogP contribution in [0.3, 0.4) is 0 Å². The van der Waals surface area contributed by atoms with Crippen LogP contribution in [0.2, 0.25) is 0 Å². The number of likely N-dealkylation sites (tertiary alicyclic amines) is 1. The third-order valence-corrected chi connectivity index (χ3v) is 3.37. The predicted octanol–water partition coefficient (Wildman–Crippen LogP) is 0.177. The summed E-state index contributed by atoms with van der Waals surface area (Å²) in [6.45, 7) is 3.10. The van der Waals surface area contributed by atoms with E-state index in [1.807, 2.05) is 11.8 Å². The molecule has 7 heteroatoms. The van der Waals surface area contributed by atoms with E-state index in [2.05, 4.69) is 15.8 Å². The van der Waals surface area contributed by atoms with Gasteiger partial charge in [0.05, 0.1) is 12.5 Å². The lowest BCUT2D eigenvalue weighted by molar-refractivity contribution is -0.142. The number of aromatic nitrogens is 1. The summed E-state index contributed by atoms with van der Waals surface area (Å²) in [5.41, 5.74) is 5.25. The normalized spacial score (nSPS) is 22.4. The molecular weight excluding hydrogens is 260 g/mol. The van der Waals surface area contributed by atoms with Crippen molar-refractivity contribution in [3.05, 3.63) is 24.4 Å². The quantitative estimate of drug-likeness (QED) is 0.665. The highest BCUT2D eigenvalue weighted by Gasteiger charge is 2.35. The maximum atomic E-state index is 11.8. The van der Waals surface area contributed by atoms with Crippen LogP contribution in [-0.4, -0.2) is 46.5 Å². The molecule has 0 bridgehead atoms. The van der Waals surface area contributed by atoms with E-state index < -0.39 is 11.9 Å². The molecule has 0 aromatic carbocycles. The van der Waals surface area contributed by atoms with Gasteiger partial charge in [-0.25, -0.2) is 4.98 Å². The zero-order valence-corrected chi connectivity index (χ0v) is 11.2. The summed E-state index contributed by atoms with van der Waals surface area (Å²) in [7, 11) is 0. The van der Waals surface area contributed by atoms with Gasteiger partial charge in [0.15, 0.2) is 0 Å². The summed E-state index contributed by atoms with van der Waals surface area (Å²) in [6, 6.07) is 5.32. The molecule has 1 aromatic heterocycles. The number of amides is 1. The molecule has 0 radical (unpaired) electrons. The van der Waals surface area contributed by atoms with Crippen LogP contribution in [0.5, 0.6) is 0 Å². The average molecular weight is 278 g/mol. The molecule has 108 valence electrons. The fraction of sp³-hybridized carbons (Fsp3) is 0.462. The Labute approximate surface area is 117 Å². The minimum atomic E-state index is -0.799. The fourth-order valence-electron chi connectivity index (χ4n) is 2.33. The number of aliphatic carboxylic acids is 1. The molecule has 1 amide bonds. The molecule has 1 saturated heterocycles. The molecule has 1 aromatic rings. The van der Waals surface area contributed by atoms with Crippen LogP contribution in [0.15, 0.2) is 24.4 Å². The van der Waals surface area contributed by atoms with Crippen LogP contribution in [0, 0.1) is 11.8 Å². The van der Waals surface area contributed by atoms with Crippen LogP contribution in [-0.2, 0) is 9.59 Å². The van der Waals surface area contributed by atoms with Crippen molar-refractivity contribution in [2.24, 2.45) is 11.8 Å². The highest BCUT2D eigenvalue weighted by atomic mass is 16.4. The zero-order valence-electron chi connectivity index (χ0n) is 11.2. The number of nitrogens with one attached hydrogen (secondary N) is 2. The summed E-state index contributed by atoms with van der Waals surface area (Å²) in [5, 5.41) is 9.04. The van der Waals surface area contributed by atoms with E-state index in [4.69, 9.17) is 5.11 Å². The molecule has 1 fully saturated rings. The molecule has 0 aliphatic carbocycles. The molecule has 20 heavy (non-hydrogen) atoms. The topological polar surface area (TPSA) is 94.6 Å². The van der Waals surface area contributed by atoms with Gasteiger partial charge in [-0.1, -0.05) is 13.0 Å². The summed E-state index contributed by atoms with van der Waals surface area (Å²) in [4.78, 5) is 28.6. The highest BCUT2D eigenvalue weighted by Crippen LogP contribution is 2.22. The number of rotatable bonds is 5. The van der Waals surface area contributed by atoms with Gasteiger partial charge in [-0.15, -0.1) is 0 Å². The lowest BCUT2D eigenvalue weighted by Crippen LogP contribution is -2.39. The monoisotopic (exact) mass is 278 g/mol. The van der Waals surface area contributed by atoms with E-state index in [0.29, 0.717) is 18.9 Å². The molecule has 0 spiro atoms. The van der Waals surface area contributed by atoms with Crippen LogP contribution in [0.1, 0.15) is 6.92 Å². The van der Waals surface area contributed by atoms with Gasteiger partial charge in [-0.2, -0.15) is 0 Å². The first-order valence-corrected chi connectivity index (χ1v) is 6.47. The third-order valence-electron chi connectivity index (χ3n) is 3.37. The Morgan fingerprint density at radius 2 is 2.25 bits per heavy atom. The maximum absolute atomic E-state index is 11.8. The molecule has 1 aliphatic heterocycles. The fourth-order valence-corrected chi connectivity index (χ4v) is 2.33. The number of hydrazine groups is 1. The average Bonchev–Trinajstić information content (AvgIpc) is 2.78. The minimum Gasteiger partial charge on any atom is -0.481 e. The van der Waals surface area contributed by atoms with Gasteiger partial charge < -0.3 is 5.11 Å². The minimum absolute atomic E-state index is 0.0593. The van der Waals surface area contributed by atoms with E-state index in [-0.39, 0.29) is 18.4 Å². The van der Waals surface area contributed by atoms with Gasteiger partial charge in [-0.05, 0) is 18.1 Å². The molecule has 2 rings (SSSR count). The Balaban J connectivity index is 1.77. The number of hydrogen-bond donors (Lipinski definition) is 3. The Kier molecular flexibility index (Phi) is 4.52. The Hall–Kier alpha value is -2.15. The SMILES string of the molecule is CC1CN(CC(=O)NNc2ccccn2)CC1C(=O)O. The van der Waals surface area contributed by atoms with Crippen LogP contribution in [0.4, 0.5) is 5.82 Å². The van der Waals surface area contributed by atoms with E-state index in [1.54, 1.807) is 24.4 Å². The molecule has 7 nitrogen and oxygen atoms in total. The second kappa shape index (κ2) is 6.33. The molecule has 2 heterocycles. The number of hydrogen-bond acceptors (Lipinski definition) is 5. The maximum Gasteiger partial charge on any atom is 0.308 e. The van der Waals surface area contributed by atoms with Gasteiger partial charge in [0.1, 0.15) is 5.82 Å².